The molecule has 0 amide bonds. The van der Waals surface area contributed by atoms with Crippen LogP contribution in [0.1, 0.15) is 30.7 Å². The maximum Gasteiger partial charge on any atom is 0.106 e. The van der Waals surface area contributed by atoms with Crippen LogP contribution in [0.15, 0.2) is 11.6 Å². The predicted molar refractivity (Wildman–Crippen MR) is 70.5 cm³/mol. The van der Waals surface area contributed by atoms with E-state index in [9.17, 15) is 0 Å². The van der Waals surface area contributed by atoms with E-state index < -0.39 is 0 Å². The minimum atomic E-state index is 0.843. The van der Waals surface area contributed by atoms with Crippen LogP contribution in [-0.4, -0.2) is 24.6 Å². The lowest BCUT2D eigenvalue weighted by molar-refractivity contribution is 0.572. The number of nitrogens with zero attached hydrogens (tertiary/aromatic N) is 1. The molecule has 0 unspecified atom stereocenters. The topological polar surface area (TPSA) is 37.0 Å². The lowest BCUT2D eigenvalue weighted by atomic mass is 10.2. The molecule has 2 N–H and O–H groups in total. The van der Waals surface area contributed by atoms with Crippen LogP contribution in [0.25, 0.3) is 0 Å². The Morgan fingerprint density at radius 1 is 1.12 bits per heavy atom. The van der Waals surface area contributed by atoms with Crippen LogP contribution in [0.3, 0.4) is 0 Å². The SMILES string of the molecule is [CH2]CNCCCCCCNCc1nccs1. The lowest BCUT2D eigenvalue weighted by Gasteiger charge is -2.03. The smallest absolute Gasteiger partial charge is 0.106 e. The van der Waals surface area contributed by atoms with Gasteiger partial charge in [-0.3, -0.25) is 0 Å². The Balaban J connectivity index is 1.78. The lowest BCUT2D eigenvalue weighted by Crippen LogP contribution is -2.15. The molecule has 1 heterocycles. The van der Waals surface area contributed by atoms with Crippen LogP contribution in [0, 0.1) is 6.92 Å². The molecule has 91 valence electrons. The highest BCUT2D eigenvalue weighted by Gasteiger charge is 1.94. The van der Waals surface area contributed by atoms with E-state index in [-0.39, 0.29) is 0 Å². The first-order chi connectivity index (χ1) is 7.93. The van der Waals surface area contributed by atoms with Crippen LogP contribution in [-0.2, 0) is 6.54 Å². The third kappa shape index (κ3) is 6.93. The van der Waals surface area contributed by atoms with Gasteiger partial charge in [0, 0.05) is 18.1 Å². The Labute approximate surface area is 103 Å². The summed E-state index contributed by atoms with van der Waals surface area (Å²) in [4.78, 5) is 4.23. The van der Waals surface area contributed by atoms with Gasteiger partial charge in [0.15, 0.2) is 0 Å². The van der Waals surface area contributed by atoms with Gasteiger partial charge < -0.3 is 10.6 Å². The highest BCUT2D eigenvalue weighted by atomic mass is 32.1. The third-order valence-corrected chi connectivity index (χ3v) is 3.17. The van der Waals surface area contributed by atoms with E-state index in [0.29, 0.717) is 0 Å². The van der Waals surface area contributed by atoms with Crippen LogP contribution in [0.5, 0.6) is 0 Å². The van der Waals surface area contributed by atoms with Crippen LogP contribution < -0.4 is 10.6 Å². The first-order valence-electron chi connectivity index (χ1n) is 6.02. The Morgan fingerprint density at radius 3 is 2.50 bits per heavy atom. The molecule has 0 fully saturated rings. The minimum Gasteiger partial charge on any atom is -0.317 e. The van der Waals surface area contributed by atoms with E-state index in [1.54, 1.807) is 11.3 Å². The van der Waals surface area contributed by atoms with Gasteiger partial charge in [-0.05, 0) is 39.4 Å². The summed E-state index contributed by atoms with van der Waals surface area (Å²) in [6, 6.07) is 0. The number of nitrogens with one attached hydrogen (secondary N) is 2. The van der Waals surface area contributed by atoms with E-state index in [1.807, 2.05) is 11.6 Å². The molecule has 0 aliphatic rings. The second kappa shape index (κ2) is 9.75. The number of hydrogen-bond acceptors (Lipinski definition) is 4. The van der Waals surface area contributed by atoms with E-state index in [4.69, 9.17) is 0 Å². The first kappa shape index (κ1) is 13.6. The summed E-state index contributed by atoms with van der Waals surface area (Å²) in [5, 5.41) is 9.85. The Hall–Kier alpha value is -0.450. The van der Waals surface area contributed by atoms with Crippen LogP contribution in [0.2, 0.25) is 0 Å². The molecule has 4 heteroatoms. The van der Waals surface area contributed by atoms with Crippen molar-refractivity contribution in [2.75, 3.05) is 19.6 Å². The second-order valence-electron chi connectivity index (χ2n) is 3.77. The molecule has 0 aliphatic heterocycles. The monoisotopic (exact) mass is 240 g/mol. The second-order valence-corrected chi connectivity index (χ2v) is 4.75. The summed E-state index contributed by atoms with van der Waals surface area (Å²) in [6.07, 6.45) is 7.00. The summed E-state index contributed by atoms with van der Waals surface area (Å²) in [7, 11) is 0. The number of rotatable bonds is 10. The summed E-state index contributed by atoms with van der Waals surface area (Å²) < 4.78 is 0. The molecule has 0 bridgehead atoms. The fourth-order valence-corrected chi connectivity index (χ4v) is 2.10. The molecule has 0 saturated carbocycles. The quantitative estimate of drug-likeness (QED) is 0.616. The Kier molecular flexibility index (Phi) is 8.30. The molecule has 16 heavy (non-hydrogen) atoms. The van der Waals surface area contributed by atoms with Crippen molar-refractivity contribution < 1.29 is 0 Å². The summed E-state index contributed by atoms with van der Waals surface area (Å²) in [6.45, 7) is 7.71. The van der Waals surface area contributed by atoms with Gasteiger partial charge in [-0.15, -0.1) is 11.3 Å². The highest BCUT2D eigenvalue weighted by Crippen LogP contribution is 2.03. The average molecular weight is 240 g/mol. The number of aromatic nitrogens is 1. The molecule has 0 spiro atoms. The first-order valence-corrected chi connectivity index (χ1v) is 6.90. The molecule has 1 radical (unpaired) electrons. The van der Waals surface area contributed by atoms with E-state index >= 15 is 0 Å². The summed E-state index contributed by atoms with van der Waals surface area (Å²) in [5.41, 5.74) is 0. The van der Waals surface area contributed by atoms with Gasteiger partial charge in [-0.2, -0.15) is 0 Å². The zero-order valence-corrected chi connectivity index (χ0v) is 10.7. The fraction of sp³-hybridized carbons (Fsp3) is 0.667. The van der Waals surface area contributed by atoms with Gasteiger partial charge in [0.1, 0.15) is 5.01 Å². The van der Waals surface area contributed by atoms with Crippen molar-refractivity contribution in [1.29, 1.82) is 0 Å². The van der Waals surface area contributed by atoms with Crippen molar-refractivity contribution >= 4 is 11.3 Å². The van der Waals surface area contributed by atoms with Crippen molar-refractivity contribution in [3.63, 3.8) is 0 Å². The van der Waals surface area contributed by atoms with Gasteiger partial charge in [-0.25, -0.2) is 4.98 Å². The number of unbranched alkanes of at least 4 members (excludes halogenated alkanes) is 3. The van der Waals surface area contributed by atoms with Crippen LogP contribution in [0.4, 0.5) is 0 Å². The molecule has 1 aromatic rings. The standard InChI is InChI=1S/C12H22N3S/c1-2-13-7-5-3-4-6-8-14-11-12-15-9-10-16-12/h9-10,13-14H,1-8,11H2. The van der Waals surface area contributed by atoms with Crippen molar-refractivity contribution in [2.45, 2.75) is 32.2 Å². The molecule has 0 aromatic carbocycles. The van der Waals surface area contributed by atoms with Gasteiger partial charge in [0.25, 0.3) is 0 Å². The zero-order chi connectivity index (χ0) is 11.5. The van der Waals surface area contributed by atoms with E-state index in [1.165, 1.54) is 30.7 Å². The van der Waals surface area contributed by atoms with Crippen molar-refractivity contribution in [3.8, 4) is 0 Å². The fourth-order valence-electron chi connectivity index (χ4n) is 1.51. The van der Waals surface area contributed by atoms with Gasteiger partial charge in [0.05, 0.1) is 0 Å². The molecule has 3 nitrogen and oxygen atoms in total. The minimum absolute atomic E-state index is 0.843. The molecular weight excluding hydrogens is 218 g/mol. The van der Waals surface area contributed by atoms with Crippen molar-refractivity contribution in [1.82, 2.24) is 15.6 Å². The third-order valence-electron chi connectivity index (χ3n) is 2.39. The highest BCUT2D eigenvalue weighted by molar-refractivity contribution is 7.09. The van der Waals surface area contributed by atoms with Crippen molar-refractivity contribution in [2.24, 2.45) is 0 Å². The number of hydrogen-bond donors (Lipinski definition) is 2. The molecule has 0 saturated heterocycles. The molecule has 0 atom stereocenters. The maximum atomic E-state index is 4.23. The van der Waals surface area contributed by atoms with Gasteiger partial charge in [-0.1, -0.05) is 12.8 Å². The van der Waals surface area contributed by atoms with Gasteiger partial charge in [0.2, 0.25) is 0 Å². The predicted octanol–water partition coefficient (Wildman–Crippen LogP) is 2.22. The zero-order valence-electron chi connectivity index (χ0n) is 9.87. The average Bonchev–Trinajstić information content (AvgIpc) is 2.80. The normalized spacial score (nSPS) is 10.8. The van der Waals surface area contributed by atoms with Crippen molar-refractivity contribution in [3.05, 3.63) is 23.5 Å². The summed E-state index contributed by atoms with van der Waals surface area (Å²) >= 11 is 1.71. The molecule has 1 rings (SSSR count). The van der Waals surface area contributed by atoms with Crippen LogP contribution >= 0.6 is 11.3 Å². The molecule has 0 aliphatic carbocycles. The molecule has 1 aromatic heterocycles. The Bertz CT molecular complexity index is 236. The largest absolute Gasteiger partial charge is 0.317 e. The molecular formula is C12H22N3S. The van der Waals surface area contributed by atoms with E-state index in [2.05, 4.69) is 22.5 Å². The Morgan fingerprint density at radius 2 is 1.88 bits per heavy atom. The van der Waals surface area contributed by atoms with Gasteiger partial charge >= 0.3 is 0 Å². The summed E-state index contributed by atoms with van der Waals surface area (Å²) in [5.74, 6) is 0. The van der Waals surface area contributed by atoms with E-state index in [0.717, 1.165) is 26.2 Å². The maximum absolute atomic E-state index is 4.23. The number of thiazole rings is 1.